The van der Waals surface area contributed by atoms with Crippen molar-refractivity contribution in [2.45, 2.75) is 0 Å². The number of hydrogen-bond donors (Lipinski definition) is 2. The third-order valence-electron chi connectivity index (χ3n) is 3.28. The van der Waals surface area contributed by atoms with Crippen LogP contribution in [0, 0.1) is 27.6 Å². The van der Waals surface area contributed by atoms with E-state index in [-0.39, 0.29) is 11.3 Å². The van der Waals surface area contributed by atoms with Crippen LogP contribution in [-0.2, 0) is 9.59 Å². The first-order chi connectivity index (χ1) is 12.8. The van der Waals surface area contributed by atoms with Gasteiger partial charge in [0.1, 0.15) is 0 Å². The molecule has 0 aliphatic carbocycles. The van der Waals surface area contributed by atoms with E-state index in [2.05, 4.69) is 5.32 Å². The van der Waals surface area contributed by atoms with Gasteiger partial charge in [-0.2, -0.15) is 0 Å². The summed E-state index contributed by atoms with van der Waals surface area (Å²) in [4.78, 5) is 33.6. The summed E-state index contributed by atoms with van der Waals surface area (Å²) in [5, 5.41) is 15.0. The van der Waals surface area contributed by atoms with Crippen LogP contribution in [0.5, 0.6) is 0 Å². The lowest BCUT2D eigenvalue weighted by Gasteiger charge is -2.07. The zero-order chi connectivity index (χ0) is 20.0. The van der Waals surface area contributed by atoms with Gasteiger partial charge in [0.05, 0.1) is 22.7 Å². The number of nitro benzene ring substituents is 1. The van der Waals surface area contributed by atoms with Crippen molar-refractivity contribution >= 4 is 29.3 Å². The predicted molar refractivity (Wildman–Crippen MR) is 90.1 cm³/mol. The van der Waals surface area contributed by atoms with Gasteiger partial charge in [-0.25, -0.2) is 13.2 Å². The van der Waals surface area contributed by atoms with Crippen molar-refractivity contribution in [2.75, 3.05) is 11.9 Å². The molecule has 2 aromatic carbocycles. The summed E-state index contributed by atoms with van der Waals surface area (Å²) >= 11 is 0. The lowest BCUT2D eigenvalue weighted by Crippen LogP contribution is -2.32. The van der Waals surface area contributed by atoms with Crippen molar-refractivity contribution in [3.8, 4) is 0 Å². The number of rotatable bonds is 6. The number of amides is 2. The minimum atomic E-state index is -1.73. The molecule has 27 heavy (non-hydrogen) atoms. The second kappa shape index (κ2) is 8.61. The second-order valence-corrected chi connectivity index (χ2v) is 5.14. The Bertz CT molecular complexity index is 932. The van der Waals surface area contributed by atoms with Gasteiger partial charge in [-0.3, -0.25) is 19.7 Å². The molecule has 2 N–H and O–H groups in total. The fraction of sp³-hybridized carbons (Fsp3) is 0.0588. The molecule has 0 fully saturated rings. The van der Waals surface area contributed by atoms with Crippen LogP contribution >= 0.6 is 0 Å². The van der Waals surface area contributed by atoms with Crippen LogP contribution < -0.4 is 10.6 Å². The second-order valence-electron chi connectivity index (χ2n) is 5.14. The molecule has 0 atom stereocenters. The summed E-state index contributed by atoms with van der Waals surface area (Å²) in [5.41, 5.74) is -0.595. The van der Waals surface area contributed by atoms with Gasteiger partial charge in [0.2, 0.25) is 11.8 Å². The number of halogens is 3. The predicted octanol–water partition coefficient (Wildman–Crippen LogP) is 2.78. The van der Waals surface area contributed by atoms with Crippen molar-refractivity contribution in [3.05, 3.63) is 75.6 Å². The van der Waals surface area contributed by atoms with Crippen LogP contribution in [0.2, 0.25) is 0 Å². The van der Waals surface area contributed by atoms with Crippen molar-refractivity contribution in [3.63, 3.8) is 0 Å². The molecule has 0 aliphatic rings. The lowest BCUT2D eigenvalue weighted by molar-refractivity contribution is -0.385. The molecule has 0 saturated carbocycles. The minimum absolute atomic E-state index is 0.186. The van der Waals surface area contributed by atoms with E-state index in [9.17, 15) is 32.9 Å². The summed E-state index contributed by atoms with van der Waals surface area (Å²) in [6.45, 7) is -0.585. The fourth-order valence-corrected chi connectivity index (χ4v) is 2.00. The Hall–Kier alpha value is -3.69. The molecule has 0 bridgehead atoms. The molecule has 0 spiro atoms. The third kappa shape index (κ3) is 5.14. The molecule has 0 saturated heterocycles. The SMILES string of the molecule is O=C(/C=C\c1ccccc1[N+](=O)[O-])NCC(=O)Nc1ccc(F)c(F)c1F. The number of hydrogen-bond acceptors (Lipinski definition) is 4. The topological polar surface area (TPSA) is 101 Å². The molecule has 10 heteroatoms. The van der Waals surface area contributed by atoms with Gasteiger partial charge in [0, 0.05) is 12.1 Å². The van der Waals surface area contributed by atoms with Crippen molar-refractivity contribution < 1.29 is 27.7 Å². The third-order valence-corrected chi connectivity index (χ3v) is 3.28. The Morgan fingerprint density at radius 1 is 1.07 bits per heavy atom. The minimum Gasteiger partial charge on any atom is -0.343 e. The first-order valence-corrected chi connectivity index (χ1v) is 7.42. The Labute approximate surface area is 150 Å². The number of nitrogens with zero attached hydrogens (tertiary/aromatic N) is 1. The van der Waals surface area contributed by atoms with Crippen LogP contribution in [0.3, 0.4) is 0 Å². The molecule has 2 aromatic rings. The molecule has 0 aliphatic heterocycles. The maximum atomic E-state index is 13.4. The van der Waals surface area contributed by atoms with Gasteiger partial charge < -0.3 is 10.6 Å². The summed E-state index contributed by atoms with van der Waals surface area (Å²) in [5.74, 6) is -6.32. The first-order valence-electron chi connectivity index (χ1n) is 7.42. The van der Waals surface area contributed by atoms with Gasteiger partial charge in [-0.15, -0.1) is 0 Å². The van der Waals surface area contributed by atoms with Gasteiger partial charge in [-0.1, -0.05) is 12.1 Å². The molecule has 0 aromatic heterocycles. The highest BCUT2D eigenvalue weighted by molar-refractivity contribution is 5.98. The van der Waals surface area contributed by atoms with Crippen LogP contribution in [0.15, 0.2) is 42.5 Å². The van der Waals surface area contributed by atoms with Crippen LogP contribution in [0.4, 0.5) is 24.5 Å². The molecule has 7 nitrogen and oxygen atoms in total. The summed E-state index contributed by atoms with van der Waals surface area (Å²) in [6.07, 6.45) is 2.17. The molecular weight excluding hydrogens is 367 g/mol. The fourth-order valence-electron chi connectivity index (χ4n) is 2.00. The molecule has 2 amide bonds. The van der Waals surface area contributed by atoms with Crippen molar-refractivity contribution in [1.82, 2.24) is 5.32 Å². The maximum absolute atomic E-state index is 13.4. The molecule has 0 heterocycles. The average Bonchev–Trinajstić information content (AvgIpc) is 2.65. The van der Waals surface area contributed by atoms with Gasteiger partial charge in [0.25, 0.3) is 5.69 Å². The molecule has 140 valence electrons. The number of carbonyl (C=O) groups is 2. The lowest BCUT2D eigenvalue weighted by atomic mass is 10.1. The van der Waals surface area contributed by atoms with E-state index in [1.54, 1.807) is 6.07 Å². The molecule has 2 rings (SSSR count). The van der Waals surface area contributed by atoms with Crippen LogP contribution in [0.25, 0.3) is 6.08 Å². The van der Waals surface area contributed by atoms with Gasteiger partial charge in [-0.05, 0) is 24.3 Å². The van der Waals surface area contributed by atoms with Crippen molar-refractivity contribution in [1.29, 1.82) is 0 Å². The Morgan fingerprint density at radius 2 is 1.78 bits per heavy atom. The number of anilines is 1. The zero-order valence-corrected chi connectivity index (χ0v) is 13.5. The first kappa shape index (κ1) is 19.6. The zero-order valence-electron chi connectivity index (χ0n) is 13.5. The number of benzene rings is 2. The average molecular weight is 379 g/mol. The van der Waals surface area contributed by atoms with Gasteiger partial charge in [0.15, 0.2) is 17.5 Å². The largest absolute Gasteiger partial charge is 0.343 e. The smallest absolute Gasteiger partial charge is 0.276 e. The Morgan fingerprint density at radius 3 is 2.48 bits per heavy atom. The molecular formula is C17H12F3N3O4. The normalized spacial score (nSPS) is 10.6. The molecule has 0 radical (unpaired) electrons. The van der Waals surface area contributed by atoms with Crippen LogP contribution in [-0.4, -0.2) is 23.3 Å². The van der Waals surface area contributed by atoms with E-state index in [4.69, 9.17) is 0 Å². The Balaban J connectivity index is 1.93. The highest BCUT2D eigenvalue weighted by atomic mass is 19.2. The van der Waals surface area contributed by atoms with E-state index < -0.39 is 46.4 Å². The maximum Gasteiger partial charge on any atom is 0.276 e. The Kier molecular flexibility index (Phi) is 6.26. The van der Waals surface area contributed by atoms with E-state index in [0.717, 1.165) is 12.1 Å². The number of nitro groups is 1. The summed E-state index contributed by atoms with van der Waals surface area (Å²) in [6, 6.07) is 7.19. The number of nitrogens with one attached hydrogen (secondary N) is 2. The highest BCUT2D eigenvalue weighted by Crippen LogP contribution is 2.20. The molecule has 0 unspecified atom stereocenters. The van der Waals surface area contributed by atoms with E-state index >= 15 is 0 Å². The highest BCUT2D eigenvalue weighted by Gasteiger charge is 2.15. The van der Waals surface area contributed by atoms with E-state index in [1.165, 1.54) is 24.3 Å². The summed E-state index contributed by atoms with van der Waals surface area (Å²) in [7, 11) is 0. The monoisotopic (exact) mass is 379 g/mol. The van der Waals surface area contributed by atoms with E-state index in [1.807, 2.05) is 5.32 Å². The van der Waals surface area contributed by atoms with Crippen molar-refractivity contribution in [2.24, 2.45) is 0 Å². The number of para-hydroxylation sites is 1. The summed E-state index contributed by atoms with van der Waals surface area (Å²) < 4.78 is 39.3. The van der Waals surface area contributed by atoms with Gasteiger partial charge >= 0.3 is 0 Å². The standard InChI is InChI=1S/C17H12F3N3O4/c18-11-6-7-12(17(20)16(11)19)22-15(25)9-21-14(24)8-5-10-3-1-2-4-13(10)23(26)27/h1-8H,9H2,(H,21,24)(H,22,25)/b8-5-. The number of carbonyl (C=O) groups excluding carboxylic acids is 2. The quantitative estimate of drug-likeness (QED) is 0.349. The van der Waals surface area contributed by atoms with E-state index in [0.29, 0.717) is 6.07 Å². The van der Waals surface area contributed by atoms with Crippen LogP contribution in [0.1, 0.15) is 5.56 Å².